The Morgan fingerprint density at radius 2 is 1.75 bits per heavy atom. The van der Waals surface area contributed by atoms with Crippen LogP contribution in [0.5, 0.6) is 0 Å². The molecule has 3 fully saturated rings. The van der Waals surface area contributed by atoms with Crippen molar-refractivity contribution in [2.75, 3.05) is 4.90 Å². The van der Waals surface area contributed by atoms with Crippen molar-refractivity contribution in [2.45, 2.75) is 70.4 Å². The largest absolute Gasteiger partial charge is 0.332 e. The fourth-order valence-corrected chi connectivity index (χ4v) is 4.38. The van der Waals surface area contributed by atoms with Gasteiger partial charge in [0.05, 0.1) is 18.1 Å². The number of fused-ring (bicyclic) bond motifs is 3. The fourth-order valence-electron chi connectivity index (χ4n) is 4.38. The van der Waals surface area contributed by atoms with Gasteiger partial charge >= 0.3 is 6.03 Å². The van der Waals surface area contributed by atoms with Crippen LogP contribution in [0.2, 0.25) is 0 Å². The summed E-state index contributed by atoms with van der Waals surface area (Å²) in [7, 11) is 0. The summed E-state index contributed by atoms with van der Waals surface area (Å²) in [5, 5.41) is 0. The molecule has 0 radical (unpaired) electrons. The highest BCUT2D eigenvalue weighted by Gasteiger charge is 2.56. The maximum atomic E-state index is 12.9. The van der Waals surface area contributed by atoms with Gasteiger partial charge in [0.2, 0.25) is 0 Å². The van der Waals surface area contributed by atoms with E-state index in [2.05, 4.69) is 9.97 Å². The molecule has 128 valence electrons. The highest BCUT2D eigenvalue weighted by molar-refractivity contribution is 6.21. The molecular formula is C18H24N4O2. The SMILES string of the molecule is CC(C)(C)c1ncc(N2C(=O)[C@@H]3C[C@H]4CCCC[C@H]4N3C2=O)cn1. The molecule has 1 aromatic rings. The van der Waals surface area contributed by atoms with E-state index < -0.39 is 0 Å². The molecule has 6 nitrogen and oxygen atoms in total. The van der Waals surface area contributed by atoms with Crippen LogP contribution in [0.15, 0.2) is 12.4 Å². The molecule has 0 N–H and O–H groups in total. The second-order valence-electron chi connectivity index (χ2n) is 8.24. The van der Waals surface area contributed by atoms with Gasteiger partial charge in [0.25, 0.3) is 5.91 Å². The standard InChI is InChI=1S/C18H24N4O2/c1-18(2,3)16-19-9-12(10-20-16)21-15(23)14-8-11-6-4-5-7-13(11)22(14)17(21)24/h9-11,13-14H,4-8H2,1-3H3/t11-,13-,14+/m1/s1. The molecule has 4 rings (SSSR count). The van der Waals surface area contributed by atoms with Crippen molar-refractivity contribution >= 4 is 17.6 Å². The Morgan fingerprint density at radius 3 is 2.42 bits per heavy atom. The number of rotatable bonds is 1. The Morgan fingerprint density at radius 1 is 1.08 bits per heavy atom. The molecule has 3 aliphatic rings. The van der Waals surface area contributed by atoms with E-state index in [4.69, 9.17) is 0 Å². The van der Waals surface area contributed by atoms with E-state index in [0.29, 0.717) is 17.4 Å². The van der Waals surface area contributed by atoms with Crippen LogP contribution in [0.1, 0.15) is 58.7 Å². The van der Waals surface area contributed by atoms with Crippen molar-refractivity contribution < 1.29 is 9.59 Å². The third-order valence-electron chi connectivity index (χ3n) is 5.57. The second-order valence-corrected chi connectivity index (χ2v) is 8.24. The molecule has 1 saturated carbocycles. The van der Waals surface area contributed by atoms with Gasteiger partial charge in [0.15, 0.2) is 0 Å². The number of imide groups is 1. The Bertz CT molecular complexity index is 679. The van der Waals surface area contributed by atoms with Gasteiger partial charge in [0.1, 0.15) is 11.9 Å². The van der Waals surface area contributed by atoms with Crippen LogP contribution in [0.4, 0.5) is 10.5 Å². The maximum Gasteiger partial charge on any atom is 0.332 e. The molecule has 0 spiro atoms. The number of amides is 3. The minimum atomic E-state index is -0.284. The average Bonchev–Trinajstić information content (AvgIpc) is 3.04. The van der Waals surface area contributed by atoms with Crippen LogP contribution in [-0.2, 0) is 10.2 Å². The predicted molar refractivity (Wildman–Crippen MR) is 89.6 cm³/mol. The van der Waals surface area contributed by atoms with Crippen LogP contribution in [0, 0.1) is 5.92 Å². The zero-order valence-electron chi connectivity index (χ0n) is 14.5. The first kappa shape index (κ1) is 15.5. The molecule has 6 heteroatoms. The monoisotopic (exact) mass is 328 g/mol. The predicted octanol–water partition coefficient (Wildman–Crippen LogP) is 2.87. The number of carbonyl (C=O) groups excluding carboxylic acids is 2. The quantitative estimate of drug-likeness (QED) is 0.744. The van der Waals surface area contributed by atoms with Crippen molar-refractivity contribution in [2.24, 2.45) is 5.92 Å². The van der Waals surface area contributed by atoms with Gasteiger partial charge in [0, 0.05) is 11.5 Å². The summed E-state index contributed by atoms with van der Waals surface area (Å²) in [5.41, 5.74) is 0.326. The Labute approximate surface area is 142 Å². The number of hydrogen-bond acceptors (Lipinski definition) is 4. The van der Waals surface area contributed by atoms with Crippen LogP contribution in [0.3, 0.4) is 0 Å². The summed E-state index contributed by atoms with van der Waals surface area (Å²) in [6.45, 7) is 6.11. The van der Waals surface area contributed by atoms with Crippen molar-refractivity contribution in [1.82, 2.24) is 14.9 Å². The van der Waals surface area contributed by atoms with E-state index >= 15 is 0 Å². The summed E-state index contributed by atoms with van der Waals surface area (Å²) >= 11 is 0. The Hall–Kier alpha value is -1.98. The zero-order chi connectivity index (χ0) is 17.1. The van der Waals surface area contributed by atoms with Crippen molar-refractivity contribution in [3.8, 4) is 0 Å². The van der Waals surface area contributed by atoms with Crippen molar-refractivity contribution in [3.05, 3.63) is 18.2 Å². The van der Waals surface area contributed by atoms with Gasteiger partial charge in [-0.2, -0.15) is 0 Å². The van der Waals surface area contributed by atoms with Gasteiger partial charge in [-0.3, -0.25) is 4.79 Å². The minimum Gasteiger partial charge on any atom is -0.309 e. The molecule has 1 aliphatic carbocycles. The average molecular weight is 328 g/mol. The van der Waals surface area contributed by atoms with E-state index in [1.165, 1.54) is 11.3 Å². The van der Waals surface area contributed by atoms with Crippen LogP contribution in [0.25, 0.3) is 0 Å². The summed E-state index contributed by atoms with van der Waals surface area (Å²) < 4.78 is 0. The second kappa shape index (κ2) is 5.26. The van der Waals surface area contributed by atoms with Gasteiger partial charge in [-0.15, -0.1) is 0 Å². The lowest BCUT2D eigenvalue weighted by Gasteiger charge is -2.30. The van der Waals surface area contributed by atoms with Crippen LogP contribution in [-0.4, -0.2) is 38.9 Å². The molecule has 0 unspecified atom stereocenters. The molecule has 2 saturated heterocycles. The number of hydrogen-bond donors (Lipinski definition) is 0. The van der Waals surface area contributed by atoms with Gasteiger partial charge in [-0.05, 0) is 25.2 Å². The highest BCUT2D eigenvalue weighted by atomic mass is 16.2. The minimum absolute atomic E-state index is 0.110. The van der Waals surface area contributed by atoms with E-state index in [1.54, 1.807) is 12.4 Å². The Balaban J connectivity index is 1.62. The van der Waals surface area contributed by atoms with Crippen LogP contribution < -0.4 is 4.90 Å². The molecule has 3 amide bonds. The van der Waals surface area contributed by atoms with Gasteiger partial charge in [-0.25, -0.2) is 19.7 Å². The first-order valence-electron chi connectivity index (χ1n) is 8.87. The van der Waals surface area contributed by atoms with Crippen LogP contribution >= 0.6 is 0 Å². The van der Waals surface area contributed by atoms with E-state index in [9.17, 15) is 9.59 Å². The summed E-state index contributed by atoms with van der Waals surface area (Å²) in [6, 6.07) is -0.237. The zero-order valence-corrected chi connectivity index (χ0v) is 14.5. The molecule has 24 heavy (non-hydrogen) atoms. The first-order chi connectivity index (χ1) is 11.4. The smallest absolute Gasteiger partial charge is 0.309 e. The van der Waals surface area contributed by atoms with E-state index in [0.717, 1.165) is 25.7 Å². The van der Waals surface area contributed by atoms with E-state index in [-0.39, 0.29) is 29.4 Å². The lowest BCUT2D eigenvalue weighted by atomic mass is 9.84. The molecule has 0 aromatic carbocycles. The molecular weight excluding hydrogens is 304 g/mol. The summed E-state index contributed by atoms with van der Waals surface area (Å²) in [4.78, 5) is 37.6. The fraction of sp³-hybridized carbons (Fsp3) is 0.667. The van der Waals surface area contributed by atoms with Crippen molar-refractivity contribution in [1.29, 1.82) is 0 Å². The van der Waals surface area contributed by atoms with Gasteiger partial charge < -0.3 is 4.90 Å². The summed E-state index contributed by atoms with van der Waals surface area (Å²) in [6.07, 6.45) is 8.54. The number of carbonyl (C=O) groups is 2. The number of urea groups is 1. The maximum absolute atomic E-state index is 12.9. The molecule has 2 aliphatic heterocycles. The molecule has 3 heterocycles. The lowest BCUT2D eigenvalue weighted by molar-refractivity contribution is -0.119. The highest BCUT2D eigenvalue weighted by Crippen LogP contribution is 2.44. The molecule has 1 aromatic heterocycles. The normalized spacial score (nSPS) is 29.9. The molecule has 0 bridgehead atoms. The van der Waals surface area contributed by atoms with Crippen molar-refractivity contribution in [3.63, 3.8) is 0 Å². The van der Waals surface area contributed by atoms with E-state index in [1.807, 2.05) is 25.7 Å². The molecule has 3 atom stereocenters. The third-order valence-corrected chi connectivity index (χ3v) is 5.57. The third kappa shape index (κ3) is 2.23. The number of anilines is 1. The topological polar surface area (TPSA) is 66.4 Å². The number of nitrogens with zero attached hydrogens (tertiary/aromatic N) is 4. The summed E-state index contributed by atoms with van der Waals surface area (Å²) in [5.74, 6) is 1.10. The first-order valence-corrected chi connectivity index (χ1v) is 8.87. The van der Waals surface area contributed by atoms with Gasteiger partial charge in [-0.1, -0.05) is 33.6 Å². The number of aromatic nitrogens is 2. The Kier molecular flexibility index (Phi) is 3.41. The lowest BCUT2D eigenvalue weighted by Crippen LogP contribution is -2.41.